The number of nitrogens with two attached hydrogens (primary N) is 1. The number of rotatable bonds is 3. The summed E-state index contributed by atoms with van der Waals surface area (Å²) in [4.78, 5) is 3.95. The zero-order valence-corrected chi connectivity index (χ0v) is 8.30. The van der Waals surface area contributed by atoms with Crippen LogP contribution in [0.15, 0.2) is 36.8 Å². The van der Waals surface area contributed by atoms with E-state index in [9.17, 15) is 0 Å². The average molecular weight is 203 g/mol. The van der Waals surface area contributed by atoms with Gasteiger partial charge >= 0.3 is 0 Å². The fourth-order valence-corrected chi connectivity index (χ4v) is 1.42. The summed E-state index contributed by atoms with van der Waals surface area (Å²) >= 11 is 0. The molecule has 0 spiro atoms. The van der Waals surface area contributed by atoms with Crippen molar-refractivity contribution < 1.29 is 5.11 Å². The minimum Gasteiger partial charge on any atom is -0.392 e. The largest absolute Gasteiger partial charge is 0.392 e. The molecule has 3 N–H and O–H groups in total. The van der Waals surface area contributed by atoms with Crippen molar-refractivity contribution in [1.29, 1.82) is 0 Å². The molecular weight excluding hydrogens is 190 g/mol. The molecule has 0 saturated carbocycles. The van der Waals surface area contributed by atoms with Crippen molar-refractivity contribution in [1.82, 2.24) is 9.55 Å². The van der Waals surface area contributed by atoms with Crippen LogP contribution >= 0.6 is 0 Å². The van der Waals surface area contributed by atoms with E-state index in [4.69, 9.17) is 10.8 Å². The first kappa shape index (κ1) is 9.73. The van der Waals surface area contributed by atoms with Crippen molar-refractivity contribution in [3.63, 3.8) is 0 Å². The topological polar surface area (TPSA) is 64.1 Å². The van der Waals surface area contributed by atoms with Crippen LogP contribution in [0.2, 0.25) is 0 Å². The Hall–Kier alpha value is -1.81. The van der Waals surface area contributed by atoms with Gasteiger partial charge in [0.05, 0.1) is 12.9 Å². The highest BCUT2D eigenvalue weighted by atomic mass is 16.3. The molecule has 78 valence electrons. The molecule has 1 heterocycles. The summed E-state index contributed by atoms with van der Waals surface area (Å²) in [6, 6.07) is 7.80. The minimum absolute atomic E-state index is 0.0817. The van der Waals surface area contributed by atoms with E-state index in [1.54, 1.807) is 12.5 Å². The van der Waals surface area contributed by atoms with Crippen LogP contribution < -0.4 is 5.73 Å². The molecule has 0 aliphatic carbocycles. The highest BCUT2D eigenvalue weighted by molar-refractivity contribution is 5.25. The van der Waals surface area contributed by atoms with Crippen LogP contribution in [0.25, 0.3) is 0 Å². The number of nitrogen functional groups attached to an aromatic ring is 1. The monoisotopic (exact) mass is 203 g/mol. The van der Waals surface area contributed by atoms with Crippen LogP contribution in [-0.2, 0) is 13.2 Å². The summed E-state index contributed by atoms with van der Waals surface area (Å²) in [6.45, 7) is 0.828. The lowest BCUT2D eigenvalue weighted by atomic mass is 10.1. The zero-order chi connectivity index (χ0) is 10.7. The second kappa shape index (κ2) is 4.14. The predicted octanol–water partition coefficient (Wildman–Crippen LogP) is 1.01. The normalized spacial score (nSPS) is 10.5. The summed E-state index contributed by atoms with van der Waals surface area (Å²) in [5.41, 5.74) is 7.59. The number of anilines is 1. The molecule has 0 aliphatic heterocycles. The van der Waals surface area contributed by atoms with Gasteiger partial charge in [0.1, 0.15) is 5.82 Å². The first-order valence-electron chi connectivity index (χ1n) is 4.74. The molecule has 0 atom stereocenters. The summed E-state index contributed by atoms with van der Waals surface area (Å²) in [5, 5.41) is 8.89. The number of hydrogen-bond donors (Lipinski definition) is 2. The van der Waals surface area contributed by atoms with E-state index in [1.165, 1.54) is 0 Å². The Balaban J connectivity index is 2.11. The molecule has 0 bridgehead atoms. The third-order valence-electron chi connectivity index (χ3n) is 2.22. The molecule has 1 aromatic heterocycles. The van der Waals surface area contributed by atoms with Crippen molar-refractivity contribution >= 4 is 5.82 Å². The van der Waals surface area contributed by atoms with Crippen molar-refractivity contribution in [2.75, 3.05) is 5.73 Å². The third kappa shape index (κ3) is 2.35. The van der Waals surface area contributed by atoms with Gasteiger partial charge in [-0.25, -0.2) is 4.98 Å². The van der Waals surface area contributed by atoms with Crippen LogP contribution in [0.1, 0.15) is 11.1 Å². The highest BCUT2D eigenvalue weighted by Gasteiger charge is 1.97. The maximum absolute atomic E-state index is 8.89. The van der Waals surface area contributed by atoms with Crippen LogP contribution in [0, 0.1) is 0 Å². The standard InChI is InChI=1S/C11H13N3O/c12-11-6-14(8-13-11)5-9-1-3-10(7-15)4-2-9/h1-4,6,8,15H,5,7,12H2. The smallest absolute Gasteiger partial charge is 0.141 e. The summed E-state index contributed by atoms with van der Waals surface area (Å²) < 4.78 is 1.92. The second-order valence-corrected chi connectivity index (χ2v) is 3.45. The number of aliphatic hydroxyl groups excluding tert-OH is 1. The SMILES string of the molecule is Nc1cn(Cc2ccc(CO)cc2)cn1. The Labute approximate surface area is 88.0 Å². The molecule has 15 heavy (non-hydrogen) atoms. The lowest BCUT2D eigenvalue weighted by Gasteiger charge is -2.03. The lowest BCUT2D eigenvalue weighted by molar-refractivity contribution is 0.282. The van der Waals surface area contributed by atoms with Crippen molar-refractivity contribution in [2.24, 2.45) is 0 Å². The first-order chi connectivity index (χ1) is 7.28. The van der Waals surface area contributed by atoms with Crippen LogP contribution in [-0.4, -0.2) is 14.7 Å². The molecular formula is C11H13N3O. The molecule has 0 unspecified atom stereocenters. The van der Waals surface area contributed by atoms with E-state index in [0.29, 0.717) is 5.82 Å². The average Bonchev–Trinajstić information content (AvgIpc) is 2.65. The lowest BCUT2D eigenvalue weighted by Crippen LogP contribution is -1.96. The fraction of sp³-hybridized carbons (Fsp3) is 0.182. The van der Waals surface area contributed by atoms with Gasteiger partial charge in [0.2, 0.25) is 0 Å². The summed E-state index contributed by atoms with van der Waals surface area (Å²) in [7, 11) is 0. The number of imidazole rings is 1. The molecule has 0 saturated heterocycles. The Morgan fingerprint density at radius 3 is 2.40 bits per heavy atom. The van der Waals surface area contributed by atoms with Crippen LogP contribution in [0.3, 0.4) is 0 Å². The Bertz CT molecular complexity index is 433. The molecule has 2 rings (SSSR count). The molecule has 0 fully saturated rings. The van der Waals surface area contributed by atoms with E-state index in [2.05, 4.69) is 4.98 Å². The molecule has 0 radical (unpaired) electrons. The number of hydrogen-bond acceptors (Lipinski definition) is 3. The third-order valence-corrected chi connectivity index (χ3v) is 2.22. The Kier molecular flexibility index (Phi) is 2.69. The van der Waals surface area contributed by atoms with Crippen molar-refractivity contribution in [3.05, 3.63) is 47.9 Å². The van der Waals surface area contributed by atoms with Gasteiger partial charge in [-0.05, 0) is 11.1 Å². The maximum Gasteiger partial charge on any atom is 0.141 e. The quantitative estimate of drug-likeness (QED) is 0.782. The summed E-state index contributed by atoms with van der Waals surface area (Å²) in [6.07, 6.45) is 3.50. The van der Waals surface area contributed by atoms with Gasteiger partial charge in [0, 0.05) is 12.7 Å². The number of nitrogens with zero attached hydrogens (tertiary/aromatic N) is 2. The molecule has 0 amide bonds. The number of aliphatic hydroxyl groups is 1. The fourth-order valence-electron chi connectivity index (χ4n) is 1.42. The van der Waals surface area contributed by atoms with Crippen LogP contribution in [0.5, 0.6) is 0 Å². The van der Waals surface area contributed by atoms with Gasteiger partial charge in [-0.15, -0.1) is 0 Å². The van der Waals surface area contributed by atoms with Gasteiger partial charge in [0.15, 0.2) is 0 Å². The second-order valence-electron chi connectivity index (χ2n) is 3.45. The van der Waals surface area contributed by atoms with E-state index in [1.807, 2.05) is 28.8 Å². The molecule has 2 aromatic rings. The first-order valence-corrected chi connectivity index (χ1v) is 4.74. The zero-order valence-electron chi connectivity index (χ0n) is 8.30. The van der Waals surface area contributed by atoms with E-state index < -0.39 is 0 Å². The Morgan fingerprint density at radius 2 is 1.87 bits per heavy atom. The number of benzene rings is 1. The van der Waals surface area contributed by atoms with E-state index in [0.717, 1.165) is 17.7 Å². The molecule has 4 nitrogen and oxygen atoms in total. The minimum atomic E-state index is 0.0817. The molecule has 4 heteroatoms. The van der Waals surface area contributed by atoms with Gasteiger partial charge in [-0.3, -0.25) is 0 Å². The van der Waals surface area contributed by atoms with Gasteiger partial charge in [-0.1, -0.05) is 24.3 Å². The molecule has 0 aliphatic rings. The van der Waals surface area contributed by atoms with Crippen molar-refractivity contribution in [3.8, 4) is 0 Å². The summed E-state index contributed by atoms with van der Waals surface area (Å²) in [5.74, 6) is 0.530. The maximum atomic E-state index is 8.89. The van der Waals surface area contributed by atoms with Crippen molar-refractivity contribution in [2.45, 2.75) is 13.2 Å². The number of aromatic nitrogens is 2. The Morgan fingerprint density at radius 1 is 1.20 bits per heavy atom. The van der Waals surface area contributed by atoms with Crippen LogP contribution in [0.4, 0.5) is 5.82 Å². The molecule has 1 aromatic carbocycles. The van der Waals surface area contributed by atoms with Gasteiger partial charge in [-0.2, -0.15) is 0 Å². The van der Waals surface area contributed by atoms with E-state index >= 15 is 0 Å². The van der Waals surface area contributed by atoms with E-state index in [-0.39, 0.29) is 6.61 Å². The van der Waals surface area contributed by atoms with Gasteiger partial charge in [0.25, 0.3) is 0 Å². The van der Waals surface area contributed by atoms with Gasteiger partial charge < -0.3 is 15.4 Å². The highest BCUT2D eigenvalue weighted by Crippen LogP contribution is 2.07. The predicted molar refractivity (Wildman–Crippen MR) is 58.1 cm³/mol.